The third-order valence-electron chi connectivity index (χ3n) is 3.28. The SMILES string of the molecule is Cc1nn(C)cc1-c1nc(N)cnc1-c1ccc(O)c(Cl)c1. The molecule has 0 bridgehead atoms. The van der Waals surface area contributed by atoms with E-state index in [4.69, 9.17) is 17.3 Å². The Morgan fingerprint density at radius 3 is 2.68 bits per heavy atom. The number of aromatic hydroxyl groups is 1. The summed E-state index contributed by atoms with van der Waals surface area (Å²) in [5.74, 6) is 0.347. The number of hydrogen-bond donors (Lipinski definition) is 2. The molecule has 3 aromatic rings. The smallest absolute Gasteiger partial charge is 0.142 e. The fourth-order valence-electron chi connectivity index (χ4n) is 2.29. The summed E-state index contributed by atoms with van der Waals surface area (Å²) < 4.78 is 1.71. The van der Waals surface area contributed by atoms with Crippen molar-refractivity contribution in [2.24, 2.45) is 7.05 Å². The molecule has 0 atom stereocenters. The number of nitrogen functional groups attached to an aromatic ring is 1. The van der Waals surface area contributed by atoms with Gasteiger partial charge in [0.15, 0.2) is 0 Å². The molecule has 2 heterocycles. The van der Waals surface area contributed by atoms with E-state index in [1.807, 2.05) is 20.2 Å². The van der Waals surface area contributed by atoms with Gasteiger partial charge in [-0.25, -0.2) is 4.98 Å². The summed E-state index contributed by atoms with van der Waals surface area (Å²) in [5, 5.41) is 14.1. The van der Waals surface area contributed by atoms with Gasteiger partial charge in [0.2, 0.25) is 0 Å². The van der Waals surface area contributed by atoms with Crippen LogP contribution in [-0.4, -0.2) is 24.9 Å². The Balaban J connectivity index is 2.24. The number of aromatic nitrogens is 4. The molecule has 0 spiro atoms. The van der Waals surface area contributed by atoms with Crippen LogP contribution < -0.4 is 5.73 Å². The highest BCUT2D eigenvalue weighted by Gasteiger charge is 2.16. The van der Waals surface area contributed by atoms with E-state index in [0.29, 0.717) is 17.2 Å². The molecule has 3 N–H and O–H groups in total. The number of anilines is 1. The number of halogens is 1. The molecular weight excluding hydrogens is 302 g/mol. The normalized spacial score (nSPS) is 10.9. The van der Waals surface area contributed by atoms with Gasteiger partial charge in [-0.1, -0.05) is 11.6 Å². The lowest BCUT2D eigenvalue weighted by molar-refractivity contribution is 0.475. The van der Waals surface area contributed by atoms with Crippen LogP contribution in [0, 0.1) is 6.92 Å². The lowest BCUT2D eigenvalue weighted by atomic mass is 10.0. The van der Waals surface area contributed by atoms with Crippen molar-refractivity contribution in [1.29, 1.82) is 0 Å². The Bertz CT molecular complexity index is 859. The van der Waals surface area contributed by atoms with E-state index < -0.39 is 0 Å². The van der Waals surface area contributed by atoms with Crippen LogP contribution in [0.3, 0.4) is 0 Å². The van der Waals surface area contributed by atoms with Crippen molar-refractivity contribution in [3.05, 3.63) is 41.3 Å². The molecule has 3 rings (SSSR count). The molecule has 1 aromatic carbocycles. The van der Waals surface area contributed by atoms with E-state index in [2.05, 4.69) is 15.1 Å². The van der Waals surface area contributed by atoms with Crippen LogP contribution in [0.5, 0.6) is 5.75 Å². The second-order valence-corrected chi connectivity index (χ2v) is 5.37. The minimum Gasteiger partial charge on any atom is -0.506 e. The first kappa shape index (κ1) is 14.3. The molecule has 0 aliphatic carbocycles. The van der Waals surface area contributed by atoms with Crippen molar-refractivity contribution < 1.29 is 5.11 Å². The molecular formula is C15H14ClN5O. The minimum atomic E-state index is 0.0212. The van der Waals surface area contributed by atoms with E-state index in [9.17, 15) is 5.11 Å². The second-order valence-electron chi connectivity index (χ2n) is 4.96. The van der Waals surface area contributed by atoms with Gasteiger partial charge in [0, 0.05) is 24.4 Å². The first-order valence-corrected chi connectivity index (χ1v) is 6.95. The van der Waals surface area contributed by atoms with Crippen LogP contribution in [0.1, 0.15) is 5.69 Å². The molecule has 0 amide bonds. The fraction of sp³-hybridized carbons (Fsp3) is 0.133. The van der Waals surface area contributed by atoms with Gasteiger partial charge in [0.05, 0.1) is 22.6 Å². The summed E-state index contributed by atoms with van der Waals surface area (Å²) in [4.78, 5) is 8.78. The molecule has 22 heavy (non-hydrogen) atoms. The summed E-state index contributed by atoms with van der Waals surface area (Å²) in [7, 11) is 1.84. The van der Waals surface area contributed by atoms with Crippen molar-refractivity contribution >= 4 is 17.4 Å². The molecule has 0 aliphatic heterocycles. The molecule has 2 aromatic heterocycles. The summed E-state index contributed by atoms with van der Waals surface area (Å²) in [5.41, 5.74) is 9.47. The molecule has 0 fully saturated rings. The minimum absolute atomic E-state index is 0.0212. The number of nitrogens with zero attached hydrogens (tertiary/aromatic N) is 4. The van der Waals surface area contributed by atoms with Gasteiger partial charge in [-0.15, -0.1) is 0 Å². The molecule has 0 unspecified atom stereocenters. The monoisotopic (exact) mass is 315 g/mol. The number of hydrogen-bond acceptors (Lipinski definition) is 5. The fourth-order valence-corrected chi connectivity index (χ4v) is 2.47. The molecule has 7 heteroatoms. The van der Waals surface area contributed by atoms with E-state index >= 15 is 0 Å². The quantitative estimate of drug-likeness (QED) is 0.759. The summed E-state index contributed by atoms with van der Waals surface area (Å²) in [6.45, 7) is 1.90. The average Bonchev–Trinajstić information content (AvgIpc) is 2.81. The number of aryl methyl sites for hydroxylation is 2. The highest BCUT2D eigenvalue weighted by Crippen LogP contribution is 2.34. The number of benzene rings is 1. The van der Waals surface area contributed by atoms with E-state index in [0.717, 1.165) is 16.8 Å². The van der Waals surface area contributed by atoms with Gasteiger partial charge < -0.3 is 10.8 Å². The molecule has 0 saturated heterocycles. The summed E-state index contributed by atoms with van der Waals surface area (Å²) >= 11 is 5.99. The Morgan fingerprint density at radius 2 is 2.05 bits per heavy atom. The molecule has 0 aliphatic rings. The third-order valence-corrected chi connectivity index (χ3v) is 3.58. The Hall–Kier alpha value is -2.60. The zero-order chi connectivity index (χ0) is 15.9. The number of nitrogens with two attached hydrogens (primary N) is 1. The maximum atomic E-state index is 9.57. The van der Waals surface area contributed by atoms with E-state index in [1.54, 1.807) is 16.8 Å². The van der Waals surface area contributed by atoms with Crippen LogP contribution in [0.2, 0.25) is 5.02 Å². The lowest BCUT2D eigenvalue weighted by Gasteiger charge is -2.09. The average molecular weight is 316 g/mol. The van der Waals surface area contributed by atoms with Crippen molar-refractivity contribution in [3.8, 4) is 28.3 Å². The van der Waals surface area contributed by atoms with Gasteiger partial charge in [-0.05, 0) is 25.1 Å². The van der Waals surface area contributed by atoms with Crippen LogP contribution in [0.25, 0.3) is 22.5 Å². The standard InChI is InChI=1S/C15H14ClN5O/c1-8-10(7-21(2)20-8)15-14(18-6-13(17)19-15)9-3-4-12(22)11(16)5-9/h3-7,22H,1-2H3,(H2,17,19). The maximum Gasteiger partial charge on any atom is 0.142 e. The zero-order valence-corrected chi connectivity index (χ0v) is 12.8. The van der Waals surface area contributed by atoms with Gasteiger partial charge in [-0.3, -0.25) is 9.67 Å². The van der Waals surface area contributed by atoms with Crippen LogP contribution >= 0.6 is 11.6 Å². The van der Waals surface area contributed by atoms with E-state index in [-0.39, 0.29) is 10.8 Å². The number of rotatable bonds is 2. The van der Waals surface area contributed by atoms with Crippen LogP contribution in [-0.2, 0) is 7.05 Å². The molecule has 0 radical (unpaired) electrons. The highest BCUT2D eigenvalue weighted by molar-refractivity contribution is 6.32. The molecule has 6 nitrogen and oxygen atoms in total. The third kappa shape index (κ3) is 2.48. The Labute approximate surface area is 132 Å². The highest BCUT2D eigenvalue weighted by atomic mass is 35.5. The number of phenolic OH excluding ortho intramolecular Hbond substituents is 1. The Kier molecular flexibility index (Phi) is 3.46. The first-order chi connectivity index (χ1) is 10.5. The zero-order valence-electron chi connectivity index (χ0n) is 12.1. The van der Waals surface area contributed by atoms with Crippen molar-refractivity contribution in [3.63, 3.8) is 0 Å². The lowest BCUT2D eigenvalue weighted by Crippen LogP contribution is -1.98. The largest absolute Gasteiger partial charge is 0.506 e. The van der Waals surface area contributed by atoms with Crippen molar-refractivity contribution in [2.75, 3.05) is 5.73 Å². The van der Waals surface area contributed by atoms with Crippen molar-refractivity contribution in [1.82, 2.24) is 19.7 Å². The second kappa shape index (κ2) is 5.31. The van der Waals surface area contributed by atoms with Crippen LogP contribution in [0.15, 0.2) is 30.6 Å². The molecule has 0 saturated carbocycles. The van der Waals surface area contributed by atoms with Gasteiger partial charge in [-0.2, -0.15) is 5.10 Å². The van der Waals surface area contributed by atoms with Gasteiger partial charge >= 0.3 is 0 Å². The van der Waals surface area contributed by atoms with Crippen molar-refractivity contribution in [2.45, 2.75) is 6.92 Å². The summed E-state index contributed by atoms with van der Waals surface area (Å²) in [6.07, 6.45) is 3.36. The van der Waals surface area contributed by atoms with E-state index in [1.165, 1.54) is 12.3 Å². The van der Waals surface area contributed by atoms with Crippen LogP contribution in [0.4, 0.5) is 5.82 Å². The maximum absolute atomic E-state index is 9.57. The predicted octanol–water partition coefficient (Wildman–Crippen LogP) is 2.79. The molecule has 112 valence electrons. The predicted molar refractivity (Wildman–Crippen MR) is 85.5 cm³/mol. The first-order valence-electron chi connectivity index (χ1n) is 6.57. The topological polar surface area (TPSA) is 89.9 Å². The van der Waals surface area contributed by atoms with Gasteiger partial charge in [0.25, 0.3) is 0 Å². The Morgan fingerprint density at radius 1 is 1.27 bits per heavy atom. The summed E-state index contributed by atoms with van der Waals surface area (Å²) in [6, 6.07) is 4.90. The number of phenols is 1. The van der Waals surface area contributed by atoms with Gasteiger partial charge in [0.1, 0.15) is 17.3 Å².